The number of fused-ring (bicyclic) bond motifs is 3. The molecule has 3 unspecified atom stereocenters. The predicted molar refractivity (Wildman–Crippen MR) is 114 cm³/mol. The average molecular weight is 445 g/mol. The summed E-state index contributed by atoms with van der Waals surface area (Å²) in [5.74, 6) is 0.330. The lowest BCUT2D eigenvalue weighted by Gasteiger charge is -2.37. The second kappa shape index (κ2) is 7.86. The first-order valence-corrected chi connectivity index (χ1v) is 10.8. The highest BCUT2D eigenvalue weighted by molar-refractivity contribution is 9.10. The summed E-state index contributed by atoms with van der Waals surface area (Å²) < 4.78 is 14.8. The molecule has 1 fully saturated rings. The maximum absolute atomic E-state index is 13.7. The summed E-state index contributed by atoms with van der Waals surface area (Å²) in [6.45, 7) is 4.57. The van der Waals surface area contributed by atoms with E-state index in [1.807, 2.05) is 19.9 Å². The molecule has 1 aliphatic heterocycles. The van der Waals surface area contributed by atoms with Crippen LogP contribution in [0, 0.1) is 11.7 Å². The van der Waals surface area contributed by atoms with Crippen LogP contribution in [-0.4, -0.2) is 18.0 Å². The maximum atomic E-state index is 13.7. The molecular formula is C23H26BrFN2O. The van der Waals surface area contributed by atoms with Gasteiger partial charge in [-0.1, -0.05) is 41.9 Å². The van der Waals surface area contributed by atoms with E-state index in [-0.39, 0.29) is 23.7 Å². The van der Waals surface area contributed by atoms with Crippen molar-refractivity contribution >= 4 is 27.5 Å². The molecule has 1 saturated carbocycles. The van der Waals surface area contributed by atoms with Crippen molar-refractivity contribution in [3.63, 3.8) is 0 Å². The number of carbonyl (C=O) groups is 1. The Balaban J connectivity index is 1.60. The molecule has 28 heavy (non-hydrogen) atoms. The molecule has 1 N–H and O–H groups in total. The first-order chi connectivity index (χ1) is 13.4. The van der Waals surface area contributed by atoms with E-state index < -0.39 is 0 Å². The summed E-state index contributed by atoms with van der Waals surface area (Å²) in [6, 6.07) is 13.9. The van der Waals surface area contributed by atoms with Gasteiger partial charge < -0.3 is 10.2 Å². The van der Waals surface area contributed by atoms with Crippen molar-refractivity contribution in [3.05, 3.63) is 63.9 Å². The van der Waals surface area contributed by atoms with Gasteiger partial charge in [-0.05, 0) is 60.7 Å². The standard InChI is InChI=1S/C23H26BrFN2O/c1-14(2)23(28)26-18-7-9-22-20(12-18)19-11-16(24)6-8-21(19)27(22)13-15-4-3-5-17(25)10-15/h3-6,8,10-11,14,18,20,22H,7,9,12-13H2,1-2H3,(H,26,28). The highest BCUT2D eigenvalue weighted by Gasteiger charge is 2.42. The summed E-state index contributed by atoms with van der Waals surface area (Å²) >= 11 is 3.61. The van der Waals surface area contributed by atoms with E-state index in [0.717, 1.165) is 29.3 Å². The summed E-state index contributed by atoms with van der Waals surface area (Å²) in [4.78, 5) is 14.6. The fourth-order valence-corrected chi connectivity index (χ4v) is 5.04. The molecule has 0 radical (unpaired) electrons. The van der Waals surface area contributed by atoms with Gasteiger partial charge in [0.15, 0.2) is 0 Å². The number of nitrogens with one attached hydrogen (secondary N) is 1. The van der Waals surface area contributed by atoms with E-state index in [0.29, 0.717) is 18.5 Å². The molecule has 5 heteroatoms. The van der Waals surface area contributed by atoms with Crippen molar-refractivity contribution in [2.75, 3.05) is 4.90 Å². The molecule has 1 aliphatic carbocycles. The zero-order chi connectivity index (χ0) is 19.8. The number of carbonyl (C=O) groups excluding carboxylic acids is 1. The van der Waals surface area contributed by atoms with Crippen molar-refractivity contribution < 1.29 is 9.18 Å². The molecule has 2 aliphatic rings. The van der Waals surface area contributed by atoms with Gasteiger partial charge in [0.25, 0.3) is 0 Å². The molecule has 3 nitrogen and oxygen atoms in total. The van der Waals surface area contributed by atoms with E-state index in [2.05, 4.69) is 44.3 Å². The Morgan fingerprint density at radius 2 is 2.07 bits per heavy atom. The monoisotopic (exact) mass is 444 g/mol. The fraction of sp³-hybridized carbons (Fsp3) is 0.435. The minimum atomic E-state index is -0.190. The van der Waals surface area contributed by atoms with Crippen LogP contribution in [-0.2, 0) is 11.3 Å². The number of halogens is 2. The van der Waals surface area contributed by atoms with Crippen LogP contribution >= 0.6 is 15.9 Å². The molecular weight excluding hydrogens is 419 g/mol. The van der Waals surface area contributed by atoms with E-state index in [9.17, 15) is 9.18 Å². The first kappa shape index (κ1) is 19.4. The van der Waals surface area contributed by atoms with Crippen LogP contribution in [0.3, 0.4) is 0 Å². The molecule has 0 bridgehead atoms. The third kappa shape index (κ3) is 3.82. The van der Waals surface area contributed by atoms with Gasteiger partial charge in [0, 0.05) is 40.6 Å². The molecule has 2 aromatic carbocycles. The average Bonchev–Trinajstić information content (AvgIpc) is 2.94. The topological polar surface area (TPSA) is 32.3 Å². The van der Waals surface area contributed by atoms with Gasteiger partial charge in [-0.2, -0.15) is 0 Å². The van der Waals surface area contributed by atoms with Crippen molar-refractivity contribution in [1.29, 1.82) is 0 Å². The zero-order valence-electron chi connectivity index (χ0n) is 16.3. The van der Waals surface area contributed by atoms with Gasteiger partial charge in [-0.15, -0.1) is 0 Å². The number of hydrogen-bond donors (Lipinski definition) is 1. The van der Waals surface area contributed by atoms with Crippen LogP contribution in [0.4, 0.5) is 10.1 Å². The van der Waals surface area contributed by atoms with Crippen molar-refractivity contribution in [3.8, 4) is 0 Å². The van der Waals surface area contributed by atoms with Crippen LogP contribution in [0.5, 0.6) is 0 Å². The predicted octanol–water partition coefficient (Wildman–Crippen LogP) is 5.39. The SMILES string of the molecule is CC(C)C(=O)NC1CCC2C(C1)c1cc(Br)ccc1N2Cc1cccc(F)c1. The van der Waals surface area contributed by atoms with Gasteiger partial charge >= 0.3 is 0 Å². The molecule has 1 heterocycles. The first-order valence-electron chi connectivity index (χ1n) is 10.0. The Kier molecular flexibility index (Phi) is 5.46. The Bertz CT molecular complexity index is 885. The van der Waals surface area contributed by atoms with Crippen molar-refractivity contribution in [1.82, 2.24) is 5.32 Å². The Morgan fingerprint density at radius 1 is 1.25 bits per heavy atom. The zero-order valence-corrected chi connectivity index (χ0v) is 17.9. The third-order valence-electron chi connectivity index (χ3n) is 6.03. The van der Waals surface area contributed by atoms with E-state index >= 15 is 0 Å². The van der Waals surface area contributed by atoms with Crippen LogP contribution in [0.25, 0.3) is 0 Å². The minimum absolute atomic E-state index is 0.00667. The summed E-state index contributed by atoms with van der Waals surface area (Å²) in [5.41, 5.74) is 3.56. The smallest absolute Gasteiger partial charge is 0.222 e. The van der Waals surface area contributed by atoms with E-state index in [4.69, 9.17) is 0 Å². The second-order valence-electron chi connectivity index (χ2n) is 8.31. The summed E-state index contributed by atoms with van der Waals surface area (Å²) in [5, 5.41) is 3.23. The Hall–Kier alpha value is -1.88. The molecule has 4 rings (SSSR count). The number of benzene rings is 2. The van der Waals surface area contributed by atoms with E-state index in [1.165, 1.54) is 17.3 Å². The molecule has 1 amide bonds. The van der Waals surface area contributed by atoms with Crippen LogP contribution in [0.15, 0.2) is 46.9 Å². The number of nitrogens with zero attached hydrogens (tertiary/aromatic N) is 1. The quantitative estimate of drug-likeness (QED) is 0.685. The maximum Gasteiger partial charge on any atom is 0.222 e. The Morgan fingerprint density at radius 3 is 2.82 bits per heavy atom. The van der Waals surface area contributed by atoms with Gasteiger partial charge in [-0.3, -0.25) is 4.79 Å². The van der Waals surface area contributed by atoms with Gasteiger partial charge in [0.1, 0.15) is 5.82 Å². The number of amides is 1. The second-order valence-corrected chi connectivity index (χ2v) is 9.22. The van der Waals surface area contributed by atoms with Gasteiger partial charge in [0.2, 0.25) is 5.91 Å². The van der Waals surface area contributed by atoms with Crippen molar-refractivity contribution in [2.45, 2.75) is 57.7 Å². The highest BCUT2D eigenvalue weighted by atomic mass is 79.9. The van der Waals surface area contributed by atoms with E-state index in [1.54, 1.807) is 12.1 Å². The number of rotatable bonds is 4. The highest BCUT2D eigenvalue weighted by Crippen LogP contribution is 2.49. The minimum Gasteiger partial charge on any atom is -0.363 e. The summed E-state index contributed by atoms with van der Waals surface area (Å²) in [7, 11) is 0. The summed E-state index contributed by atoms with van der Waals surface area (Å²) in [6.07, 6.45) is 2.95. The Labute approximate surface area is 174 Å². The molecule has 0 saturated heterocycles. The molecule has 2 aromatic rings. The fourth-order valence-electron chi connectivity index (χ4n) is 4.66. The lowest BCUT2D eigenvalue weighted by molar-refractivity contribution is -0.124. The van der Waals surface area contributed by atoms with Crippen LogP contribution in [0.2, 0.25) is 0 Å². The lowest BCUT2D eigenvalue weighted by atomic mass is 9.79. The van der Waals surface area contributed by atoms with Gasteiger partial charge in [0.05, 0.1) is 0 Å². The van der Waals surface area contributed by atoms with Gasteiger partial charge in [-0.25, -0.2) is 4.39 Å². The number of anilines is 1. The molecule has 0 spiro atoms. The number of hydrogen-bond acceptors (Lipinski definition) is 2. The van der Waals surface area contributed by atoms with Crippen molar-refractivity contribution in [2.24, 2.45) is 5.92 Å². The van der Waals surface area contributed by atoms with Crippen LogP contribution in [0.1, 0.15) is 50.2 Å². The van der Waals surface area contributed by atoms with Crippen LogP contribution < -0.4 is 10.2 Å². The molecule has 3 atom stereocenters. The normalized spacial score (nSPS) is 23.5. The molecule has 148 valence electrons. The third-order valence-corrected chi connectivity index (χ3v) is 6.52. The molecule has 0 aromatic heterocycles. The largest absolute Gasteiger partial charge is 0.363 e. The lowest BCUT2D eigenvalue weighted by Crippen LogP contribution is -2.45.